The van der Waals surface area contributed by atoms with Gasteiger partial charge < -0.3 is 29.6 Å². The van der Waals surface area contributed by atoms with Crippen molar-refractivity contribution in [1.29, 1.82) is 0 Å². The number of methoxy groups -OCH3 is 1. The lowest BCUT2D eigenvalue weighted by Crippen LogP contribution is -2.32. The van der Waals surface area contributed by atoms with Crippen molar-refractivity contribution in [2.24, 2.45) is 0 Å². The molecule has 142 valence electrons. The third kappa shape index (κ3) is 3.72. The molecule has 0 fully saturated rings. The van der Waals surface area contributed by atoms with Crippen molar-refractivity contribution >= 4 is 11.7 Å². The van der Waals surface area contributed by atoms with Crippen LogP contribution in [0.2, 0.25) is 0 Å². The van der Waals surface area contributed by atoms with Gasteiger partial charge in [-0.2, -0.15) is 0 Å². The van der Waals surface area contributed by atoms with Crippen molar-refractivity contribution in [2.45, 2.75) is 12.8 Å². The molecule has 0 saturated carbocycles. The first kappa shape index (κ1) is 17.3. The second-order valence-electron chi connectivity index (χ2n) is 6.32. The number of anilines is 1. The first-order chi connectivity index (χ1) is 13.2. The molecule has 0 aromatic heterocycles. The lowest BCUT2D eigenvalue weighted by Gasteiger charge is -2.14. The molecule has 0 saturated heterocycles. The van der Waals surface area contributed by atoms with Crippen LogP contribution in [0.4, 0.5) is 10.5 Å². The van der Waals surface area contributed by atoms with Crippen LogP contribution in [0, 0.1) is 0 Å². The fraction of sp³-hybridized carbons (Fsp3) is 0.350. The number of ether oxygens (including phenoxy) is 4. The zero-order valence-corrected chi connectivity index (χ0v) is 15.2. The van der Waals surface area contributed by atoms with Gasteiger partial charge in [0.25, 0.3) is 0 Å². The number of fused-ring (bicyclic) bond motifs is 2. The number of hydrogen-bond acceptors (Lipinski definition) is 5. The second kappa shape index (κ2) is 7.65. The van der Waals surface area contributed by atoms with E-state index in [1.54, 1.807) is 7.11 Å². The Morgan fingerprint density at radius 1 is 1.11 bits per heavy atom. The third-order valence-electron chi connectivity index (χ3n) is 4.60. The molecule has 2 aromatic rings. The highest BCUT2D eigenvalue weighted by atomic mass is 16.5. The van der Waals surface area contributed by atoms with Crippen molar-refractivity contribution in [3.05, 3.63) is 41.5 Å². The van der Waals surface area contributed by atoms with E-state index in [1.165, 1.54) is 0 Å². The van der Waals surface area contributed by atoms with Gasteiger partial charge in [0.15, 0.2) is 0 Å². The molecule has 2 aliphatic heterocycles. The lowest BCUT2D eigenvalue weighted by atomic mass is 10.0. The topological polar surface area (TPSA) is 78.1 Å². The summed E-state index contributed by atoms with van der Waals surface area (Å²) in [5.41, 5.74) is 2.81. The Labute approximate surface area is 157 Å². The molecule has 2 heterocycles. The molecule has 2 amide bonds. The van der Waals surface area contributed by atoms with Crippen LogP contribution in [-0.4, -0.2) is 39.5 Å². The van der Waals surface area contributed by atoms with Gasteiger partial charge in [0.2, 0.25) is 0 Å². The van der Waals surface area contributed by atoms with Gasteiger partial charge in [-0.25, -0.2) is 4.79 Å². The molecule has 0 unspecified atom stereocenters. The molecule has 0 atom stereocenters. The lowest BCUT2D eigenvalue weighted by molar-refractivity contribution is 0.247. The summed E-state index contributed by atoms with van der Waals surface area (Å²) < 4.78 is 22.1. The number of rotatable bonds is 6. The molecule has 4 rings (SSSR count). The molecule has 0 spiro atoms. The van der Waals surface area contributed by atoms with Gasteiger partial charge in [-0.1, -0.05) is 0 Å². The number of amides is 2. The fourth-order valence-corrected chi connectivity index (χ4v) is 3.28. The van der Waals surface area contributed by atoms with Crippen molar-refractivity contribution in [2.75, 3.05) is 38.8 Å². The predicted molar refractivity (Wildman–Crippen MR) is 100 cm³/mol. The van der Waals surface area contributed by atoms with Crippen molar-refractivity contribution in [3.63, 3.8) is 0 Å². The molecule has 0 bridgehead atoms. The Hall–Kier alpha value is -3.09. The number of nitrogens with one attached hydrogen (secondary N) is 2. The maximum Gasteiger partial charge on any atom is 0.319 e. The minimum absolute atomic E-state index is 0.286. The van der Waals surface area contributed by atoms with E-state index in [2.05, 4.69) is 10.6 Å². The van der Waals surface area contributed by atoms with Crippen LogP contribution in [0.25, 0.3) is 0 Å². The van der Waals surface area contributed by atoms with Crippen molar-refractivity contribution < 1.29 is 23.7 Å². The van der Waals surface area contributed by atoms with E-state index in [0.717, 1.165) is 52.7 Å². The molecular formula is C20H22N2O5. The molecule has 2 aliphatic rings. The number of carbonyl (C=O) groups is 1. The monoisotopic (exact) mass is 370 g/mol. The Morgan fingerprint density at radius 2 is 1.89 bits per heavy atom. The molecule has 7 nitrogen and oxygen atoms in total. The number of hydrogen-bond donors (Lipinski definition) is 2. The van der Waals surface area contributed by atoms with E-state index >= 15 is 0 Å². The summed E-state index contributed by atoms with van der Waals surface area (Å²) in [5, 5.41) is 5.74. The average Bonchev–Trinajstić information content (AvgIpc) is 3.34. The van der Waals surface area contributed by atoms with Crippen LogP contribution < -0.4 is 29.6 Å². The van der Waals surface area contributed by atoms with Gasteiger partial charge in [0.05, 0.1) is 32.6 Å². The Bertz CT molecular complexity index is 803. The second-order valence-corrected chi connectivity index (χ2v) is 6.32. The summed E-state index contributed by atoms with van der Waals surface area (Å²) in [4.78, 5) is 12.3. The van der Waals surface area contributed by atoms with Gasteiger partial charge in [0, 0.05) is 24.0 Å². The first-order valence-corrected chi connectivity index (χ1v) is 9.00. The highest BCUT2D eigenvalue weighted by Crippen LogP contribution is 2.44. The Kier molecular flexibility index (Phi) is 4.91. The zero-order chi connectivity index (χ0) is 18.6. The summed E-state index contributed by atoms with van der Waals surface area (Å²) >= 11 is 0. The number of carbonyl (C=O) groups excluding carboxylic acids is 1. The standard InChI is InChI=1S/C20H22N2O5/c1-24-14-2-4-15(5-3-14)25-11-8-21-20(23)22-18-16-7-10-26-17(16)12-13-6-9-27-19(13)18/h2-5,12H,6-11H2,1H3,(H2,21,22,23). The number of urea groups is 1. The zero-order valence-electron chi connectivity index (χ0n) is 15.2. The third-order valence-corrected chi connectivity index (χ3v) is 4.60. The number of benzene rings is 2. The summed E-state index contributed by atoms with van der Waals surface area (Å²) in [7, 11) is 1.62. The van der Waals surface area contributed by atoms with Crippen LogP contribution >= 0.6 is 0 Å². The van der Waals surface area contributed by atoms with E-state index in [4.69, 9.17) is 18.9 Å². The summed E-state index contributed by atoms with van der Waals surface area (Å²) in [6.45, 7) is 2.01. The minimum atomic E-state index is -0.286. The van der Waals surface area contributed by atoms with Crippen molar-refractivity contribution in [3.8, 4) is 23.0 Å². The van der Waals surface area contributed by atoms with Crippen LogP contribution in [0.15, 0.2) is 30.3 Å². The van der Waals surface area contributed by atoms with E-state index in [0.29, 0.717) is 26.4 Å². The smallest absolute Gasteiger partial charge is 0.319 e. The summed E-state index contributed by atoms with van der Waals surface area (Å²) in [5.74, 6) is 3.11. The summed E-state index contributed by atoms with van der Waals surface area (Å²) in [6.07, 6.45) is 1.60. The van der Waals surface area contributed by atoms with Crippen LogP contribution in [0.5, 0.6) is 23.0 Å². The molecule has 7 heteroatoms. The van der Waals surface area contributed by atoms with Crippen LogP contribution in [-0.2, 0) is 12.8 Å². The van der Waals surface area contributed by atoms with E-state index in [1.807, 2.05) is 30.3 Å². The van der Waals surface area contributed by atoms with E-state index in [9.17, 15) is 4.79 Å². The Balaban J connectivity index is 1.31. The van der Waals surface area contributed by atoms with Gasteiger partial charge >= 0.3 is 6.03 Å². The van der Waals surface area contributed by atoms with Gasteiger partial charge in [0.1, 0.15) is 29.6 Å². The molecule has 2 N–H and O–H groups in total. The molecular weight excluding hydrogens is 348 g/mol. The van der Waals surface area contributed by atoms with Crippen LogP contribution in [0.1, 0.15) is 11.1 Å². The highest BCUT2D eigenvalue weighted by molar-refractivity contribution is 5.93. The van der Waals surface area contributed by atoms with Gasteiger partial charge in [-0.15, -0.1) is 0 Å². The quantitative estimate of drug-likeness (QED) is 0.765. The minimum Gasteiger partial charge on any atom is -0.497 e. The van der Waals surface area contributed by atoms with Gasteiger partial charge in [-0.05, 0) is 30.3 Å². The Morgan fingerprint density at radius 3 is 2.70 bits per heavy atom. The molecule has 2 aromatic carbocycles. The first-order valence-electron chi connectivity index (χ1n) is 9.00. The maximum absolute atomic E-state index is 12.3. The van der Waals surface area contributed by atoms with Crippen molar-refractivity contribution in [1.82, 2.24) is 5.32 Å². The van der Waals surface area contributed by atoms with Crippen LogP contribution in [0.3, 0.4) is 0 Å². The maximum atomic E-state index is 12.3. The largest absolute Gasteiger partial charge is 0.497 e. The molecule has 0 radical (unpaired) electrons. The van der Waals surface area contributed by atoms with E-state index in [-0.39, 0.29) is 6.03 Å². The summed E-state index contributed by atoms with van der Waals surface area (Å²) in [6, 6.07) is 9.05. The molecule has 0 aliphatic carbocycles. The molecule has 27 heavy (non-hydrogen) atoms. The fourth-order valence-electron chi connectivity index (χ4n) is 3.28. The normalized spacial score (nSPS) is 13.8. The highest BCUT2D eigenvalue weighted by Gasteiger charge is 2.27. The van der Waals surface area contributed by atoms with Gasteiger partial charge in [-0.3, -0.25) is 0 Å². The predicted octanol–water partition coefficient (Wildman–Crippen LogP) is 2.77. The van der Waals surface area contributed by atoms with E-state index < -0.39 is 0 Å². The average molecular weight is 370 g/mol. The SMILES string of the molecule is COc1ccc(OCCNC(=O)Nc2c3c(cc4c2OCC4)OCC3)cc1.